The zero-order chi connectivity index (χ0) is 40.2. The number of carbonyl (C=O) groups is 1. The summed E-state index contributed by atoms with van der Waals surface area (Å²) in [6.07, 6.45) is 18.1. The van der Waals surface area contributed by atoms with E-state index in [2.05, 4.69) is 36.5 Å². The van der Waals surface area contributed by atoms with Crippen LogP contribution in [0.15, 0.2) is 24.3 Å². The van der Waals surface area contributed by atoms with E-state index in [9.17, 15) is 50.0 Å². The second-order valence-electron chi connectivity index (χ2n) is 15.0. The molecule has 0 saturated heterocycles. The minimum absolute atomic E-state index is 0.234. The van der Waals surface area contributed by atoms with Crippen molar-refractivity contribution in [1.29, 1.82) is 0 Å². The molecule has 8 atom stereocenters. The minimum atomic E-state index is -5.09. The number of unbranched alkanes of at least 4 members (excludes halogenated alkanes) is 16. The molecule has 0 heterocycles. The van der Waals surface area contributed by atoms with Crippen molar-refractivity contribution >= 4 is 13.7 Å². The number of phosphoric ester groups is 1. The van der Waals surface area contributed by atoms with Gasteiger partial charge in [0.25, 0.3) is 0 Å². The minimum Gasteiger partial charge on any atom is -0.393 e. The molecule has 0 bridgehead atoms. The van der Waals surface area contributed by atoms with Crippen molar-refractivity contribution in [2.24, 2.45) is 0 Å². The van der Waals surface area contributed by atoms with E-state index in [1.54, 1.807) is 0 Å². The van der Waals surface area contributed by atoms with Crippen LogP contribution in [0.25, 0.3) is 0 Å². The first-order valence-electron chi connectivity index (χ1n) is 20.9. The highest BCUT2D eigenvalue weighted by molar-refractivity contribution is 7.47. The lowest BCUT2D eigenvalue weighted by atomic mass is 9.85. The fraction of sp³-hybridized carbons (Fsp3) is 0.875. The Morgan fingerprint density at radius 3 is 1.63 bits per heavy atom. The topological polar surface area (TPSA) is 226 Å². The number of phosphoric acid groups is 1. The highest BCUT2D eigenvalue weighted by atomic mass is 31.2. The fourth-order valence-corrected chi connectivity index (χ4v) is 7.53. The summed E-state index contributed by atoms with van der Waals surface area (Å²) in [6, 6.07) is -1.15. The maximum atomic E-state index is 12.8. The molecule has 0 aromatic rings. The quantitative estimate of drug-likeness (QED) is 0.0224. The van der Waals surface area contributed by atoms with Gasteiger partial charge in [0, 0.05) is 0 Å². The number of aliphatic hydroxyl groups excluding tert-OH is 7. The molecule has 1 aliphatic rings. The van der Waals surface area contributed by atoms with Gasteiger partial charge in [0.15, 0.2) is 0 Å². The van der Waals surface area contributed by atoms with Gasteiger partial charge in [-0.1, -0.05) is 134 Å². The first-order chi connectivity index (χ1) is 25.8. The maximum absolute atomic E-state index is 12.8. The molecule has 1 rings (SSSR count). The van der Waals surface area contributed by atoms with Crippen molar-refractivity contribution in [2.75, 3.05) is 6.61 Å². The summed E-state index contributed by atoms with van der Waals surface area (Å²) in [5.74, 6) is -0.581. The van der Waals surface area contributed by atoms with Gasteiger partial charge in [0.1, 0.15) is 36.6 Å². The van der Waals surface area contributed by atoms with E-state index in [1.807, 2.05) is 6.92 Å². The van der Waals surface area contributed by atoms with Gasteiger partial charge >= 0.3 is 7.82 Å². The molecule has 0 aliphatic heterocycles. The summed E-state index contributed by atoms with van der Waals surface area (Å²) in [4.78, 5) is 23.1. The Hall–Kier alpha value is -1.22. The van der Waals surface area contributed by atoms with E-state index in [-0.39, 0.29) is 12.8 Å². The molecule has 1 saturated carbocycles. The first kappa shape index (κ1) is 50.8. The predicted molar refractivity (Wildman–Crippen MR) is 210 cm³/mol. The Morgan fingerprint density at radius 1 is 0.648 bits per heavy atom. The lowest BCUT2D eigenvalue weighted by Crippen LogP contribution is -2.64. The Balaban J connectivity index is 2.31. The second-order valence-corrected chi connectivity index (χ2v) is 16.4. The molecule has 14 heteroatoms. The third-order valence-corrected chi connectivity index (χ3v) is 11.1. The summed E-state index contributed by atoms with van der Waals surface area (Å²) in [6.45, 7) is 3.54. The molecule has 0 aromatic heterocycles. The van der Waals surface area contributed by atoms with Gasteiger partial charge in [-0.15, -0.1) is 0 Å². The summed E-state index contributed by atoms with van der Waals surface area (Å²) in [7, 11) is -5.09. The highest BCUT2D eigenvalue weighted by Crippen LogP contribution is 2.47. The van der Waals surface area contributed by atoms with Crippen molar-refractivity contribution in [3.63, 3.8) is 0 Å². The number of hydrogen-bond donors (Lipinski definition) is 9. The number of rotatable bonds is 33. The van der Waals surface area contributed by atoms with E-state index in [4.69, 9.17) is 9.05 Å². The monoisotopic (exact) mass is 794 g/mol. The van der Waals surface area contributed by atoms with E-state index < -0.39 is 75.2 Å². The number of aliphatic hydroxyl groups is 7. The summed E-state index contributed by atoms with van der Waals surface area (Å²) in [5.41, 5.74) is 0. The third kappa shape index (κ3) is 23.1. The average Bonchev–Trinajstić information content (AvgIpc) is 3.14. The first-order valence-corrected chi connectivity index (χ1v) is 22.4. The normalized spacial score (nSPS) is 24.9. The average molecular weight is 794 g/mol. The van der Waals surface area contributed by atoms with Crippen LogP contribution in [-0.2, 0) is 18.4 Å². The van der Waals surface area contributed by atoms with Crippen molar-refractivity contribution < 1.29 is 59.0 Å². The highest BCUT2D eigenvalue weighted by Gasteiger charge is 2.51. The summed E-state index contributed by atoms with van der Waals surface area (Å²) >= 11 is 0. The van der Waals surface area contributed by atoms with Gasteiger partial charge in [-0.05, 0) is 44.9 Å². The van der Waals surface area contributed by atoms with Crippen molar-refractivity contribution in [2.45, 2.75) is 216 Å². The molecular formula is C40H76NO12P. The number of amides is 1. The lowest BCUT2D eigenvalue weighted by Gasteiger charge is -2.41. The number of hydrogen-bond acceptors (Lipinski definition) is 11. The standard InChI is InChI=1S/C40H76NO12P/c1-3-5-7-8-9-10-11-12-13-14-15-16-17-18-19-20-21-22-23-24-26-27-31(42)29-34(44)41-32(33(43)28-25-6-4-2)30-52-54(50,51)53-40-38(48)36(46)35(45)37(47)39(40)49/h15-16,18-19,31-33,35-40,42-43,45-49H,3-14,17,20-30H2,1-2H3,(H,41,44)(H,50,51)/b16-15-,19-18-. The van der Waals surface area contributed by atoms with Crippen molar-refractivity contribution in [3.8, 4) is 0 Å². The molecule has 54 heavy (non-hydrogen) atoms. The number of carbonyl (C=O) groups excluding carboxylic acids is 1. The van der Waals surface area contributed by atoms with Crippen molar-refractivity contribution in [3.05, 3.63) is 24.3 Å². The molecule has 1 fully saturated rings. The lowest BCUT2D eigenvalue weighted by molar-refractivity contribution is -0.220. The third-order valence-electron chi connectivity index (χ3n) is 10.1. The van der Waals surface area contributed by atoms with Crippen LogP contribution < -0.4 is 5.32 Å². The molecule has 8 unspecified atom stereocenters. The summed E-state index contributed by atoms with van der Waals surface area (Å²) in [5, 5.41) is 73.6. The van der Waals surface area contributed by atoms with Gasteiger partial charge in [-0.25, -0.2) is 4.57 Å². The molecule has 0 radical (unpaired) electrons. The smallest absolute Gasteiger partial charge is 0.393 e. The van der Waals surface area contributed by atoms with E-state index >= 15 is 0 Å². The van der Waals surface area contributed by atoms with Crippen molar-refractivity contribution in [1.82, 2.24) is 5.32 Å². The van der Waals surface area contributed by atoms with Gasteiger partial charge < -0.3 is 46.0 Å². The van der Waals surface area contributed by atoms with E-state index in [0.717, 1.165) is 57.8 Å². The summed E-state index contributed by atoms with van der Waals surface area (Å²) < 4.78 is 22.5. The molecule has 9 N–H and O–H groups in total. The zero-order valence-corrected chi connectivity index (χ0v) is 34.0. The Bertz CT molecular complexity index is 1030. The molecule has 1 aliphatic carbocycles. The largest absolute Gasteiger partial charge is 0.472 e. The molecule has 13 nitrogen and oxygen atoms in total. The Labute approximate surface area is 324 Å². The van der Waals surface area contributed by atoms with Crippen LogP contribution in [0.5, 0.6) is 0 Å². The molecule has 0 spiro atoms. The Morgan fingerprint density at radius 2 is 1.09 bits per heavy atom. The van der Waals surface area contributed by atoms with Crippen LogP contribution in [0.4, 0.5) is 0 Å². The van der Waals surface area contributed by atoms with Gasteiger partial charge in [-0.2, -0.15) is 0 Å². The van der Waals surface area contributed by atoms with Crippen LogP contribution in [0.1, 0.15) is 162 Å². The van der Waals surface area contributed by atoms with Gasteiger partial charge in [0.05, 0.1) is 31.3 Å². The fourth-order valence-electron chi connectivity index (χ4n) is 6.57. The van der Waals surface area contributed by atoms with Crippen LogP contribution in [-0.4, -0.2) is 108 Å². The SMILES string of the molecule is CCCCCCCCCCC/C=C\C/C=C\CCCCCCCC(O)CC(=O)NC(COP(=O)(O)OC1C(O)C(O)C(O)C(O)C1O)C(O)CCCCC. The Kier molecular flexibility index (Phi) is 29.0. The van der Waals surface area contributed by atoms with Gasteiger partial charge in [0.2, 0.25) is 5.91 Å². The van der Waals surface area contributed by atoms with Gasteiger partial charge in [-0.3, -0.25) is 13.8 Å². The van der Waals surface area contributed by atoms with Crippen LogP contribution in [0.3, 0.4) is 0 Å². The van der Waals surface area contributed by atoms with E-state index in [1.165, 1.54) is 64.2 Å². The molecule has 1 amide bonds. The molecule has 0 aromatic carbocycles. The molecular weight excluding hydrogens is 717 g/mol. The number of nitrogens with one attached hydrogen (secondary N) is 1. The molecule has 318 valence electrons. The van der Waals surface area contributed by atoms with Crippen LogP contribution in [0, 0.1) is 0 Å². The van der Waals surface area contributed by atoms with E-state index in [0.29, 0.717) is 12.8 Å². The number of allylic oxidation sites excluding steroid dienone is 4. The van der Waals surface area contributed by atoms with Crippen LogP contribution >= 0.6 is 7.82 Å². The zero-order valence-electron chi connectivity index (χ0n) is 33.1. The predicted octanol–water partition coefficient (Wildman–Crippen LogP) is 5.64. The second kappa shape index (κ2) is 30.9. The van der Waals surface area contributed by atoms with Crippen LogP contribution in [0.2, 0.25) is 0 Å². The maximum Gasteiger partial charge on any atom is 0.472 e.